The molecule has 1 heterocycles. The average molecular weight is 286 g/mol. The van der Waals surface area contributed by atoms with E-state index in [0.29, 0.717) is 18.6 Å². The van der Waals surface area contributed by atoms with E-state index in [1.807, 2.05) is 13.0 Å². The van der Waals surface area contributed by atoms with Crippen molar-refractivity contribution in [2.45, 2.75) is 19.8 Å². The molecule has 0 spiro atoms. The number of carbonyl (C=O) groups is 1. The fraction of sp³-hybridized carbons (Fsp3) is 0.250. The third kappa shape index (κ3) is 2.42. The number of allylic oxidation sites excluding steroid dienone is 2. The van der Waals surface area contributed by atoms with E-state index < -0.39 is 5.97 Å². The highest BCUT2D eigenvalue weighted by molar-refractivity contribution is 6.17. The van der Waals surface area contributed by atoms with Gasteiger partial charge < -0.3 is 9.84 Å². The fourth-order valence-corrected chi connectivity index (χ4v) is 2.45. The van der Waals surface area contributed by atoms with Gasteiger partial charge >= 0.3 is 11.9 Å². The van der Waals surface area contributed by atoms with Crippen molar-refractivity contribution in [2.75, 3.05) is 6.61 Å². The first-order valence-electron chi connectivity index (χ1n) is 6.91. The standard InChI is InChI=1S/C16H15NO4/c1-2-20-13-9-8-12(10-13)17-15(18)14(16(19)21-17)11-6-4-3-5-7-11/h3-7,10H,2,8-9H2,1H3/p+1/b17-12+. The Morgan fingerprint density at radius 1 is 1.29 bits per heavy atom. The van der Waals surface area contributed by atoms with Crippen molar-refractivity contribution in [2.24, 2.45) is 0 Å². The van der Waals surface area contributed by atoms with E-state index in [1.54, 1.807) is 30.3 Å². The Balaban J connectivity index is 2.01. The molecule has 1 aromatic rings. The van der Waals surface area contributed by atoms with Gasteiger partial charge in [0.2, 0.25) is 5.71 Å². The zero-order chi connectivity index (χ0) is 14.8. The topological polar surface area (TPSA) is 58.8 Å². The summed E-state index contributed by atoms with van der Waals surface area (Å²) < 4.78 is 6.63. The molecular formula is C16H16NO4+. The molecule has 5 heteroatoms. The minimum atomic E-state index is -0.551. The molecule has 2 aliphatic rings. The van der Waals surface area contributed by atoms with Gasteiger partial charge in [0.15, 0.2) is 5.57 Å². The van der Waals surface area contributed by atoms with Crippen LogP contribution in [0, 0.1) is 0 Å². The summed E-state index contributed by atoms with van der Waals surface area (Å²) in [5.74, 6) is 0.115. The number of hydrogen-bond acceptors (Lipinski definition) is 4. The fourth-order valence-electron chi connectivity index (χ4n) is 2.45. The van der Waals surface area contributed by atoms with Crippen molar-refractivity contribution < 1.29 is 24.2 Å². The van der Waals surface area contributed by atoms with Crippen LogP contribution in [0.1, 0.15) is 25.3 Å². The molecule has 0 amide bonds. The average Bonchev–Trinajstić information content (AvgIpc) is 3.05. The van der Waals surface area contributed by atoms with Crippen LogP contribution >= 0.6 is 0 Å². The third-order valence-corrected chi connectivity index (χ3v) is 3.40. The van der Waals surface area contributed by atoms with E-state index in [4.69, 9.17) is 9.57 Å². The van der Waals surface area contributed by atoms with Crippen LogP contribution in [0.5, 0.6) is 0 Å². The highest BCUT2D eigenvalue weighted by Gasteiger charge is 2.42. The van der Waals surface area contributed by atoms with Gasteiger partial charge in [0, 0.05) is 18.9 Å². The van der Waals surface area contributed by atoms with Crippen LogP contribution in [0.4, 0.5) is 0 Å². The highest BCUT2D eigenvalue weighted by atomic mass is 16.7. The monoisotopic (exact) mass is 286 g/mol. The first-order chi connectivity index (χ1) is 10.2. The second-order valence-corrected chi connectivity index (χ2v) is 4.77. The van der Waals surface area contributed by atoms with E-state index in [1.165, 1.54) is 4.74 Å². The number of carbonyl (C=O) groups excluding carboxylic acids is 1. The molecule has 1 N–H and O–H groups in total. The van der Waals surface area contributed by atoms with Crippen molar-refractivity contribution in [3.8, 4) is 0 Å². The minimum absolute atomic E-state index is 0.171. The van der Waals surface area contributed by atoms with Crippen LogP contribution in [-0.2, 0) is 14.4 Å². The Hall–Kier alpha value is -2.56. The smallest absolute Gasteiger partial charge is 0.431 e. The summed E-state index contributed by atoms with van der Waals surface area (Å²) in [4.78, 5) is 17.2. The van der Waals surface area contributed by atoms with E-state index in [9.17, 15) is 9.90 Å². The van der Waals surface area contributed by atoms with Crippen LogP contribution in [0.25, 0.3) is 5.57 Å². The zero-order valence-corrected chi connectivity index (χ0v) is 11.7. The molecule has 0 radical (unpaired) electrons. The quantitative estimate of drug-likeness (QED) is 0.685. The molecule has 0 saturated carbocycles. The molecule has 0 bridgehead atoms. The van der Waals surface area contributed by atoms with E-state index in [2.05, 4.69) is 0 Å². The molecular weight excluding hydrogens is 270 g/mol. The van der Waals surface area contributed by atoms with Crippen molar-refractivity contribution >= 4 is 17.3 Å². The summed E-state index contributed by atoms with van der Waals surface area (Å²) in [6, 6.07) is 8.99. The second-order valence-electron chi connectivity index (χ2n) is 4.77. The molecule has 0 saturated heterocycles. The first-order valence-corrected chi connectivity index (χ1v) is 6.91. The summed E-state index contributed by atoms with van der Waals surface area (Å²) in [7, 11) is 0. The summed E-state index contributed by atoms with van der Waals surface area (Å²) in [6.45, 7) is 2.51. The van der Waals surface area contributed by atoms with E-state index >= 15 is 0 Å². The summed E-state index contributed by atoms with van der Waals surface area (Å²) in [5, 5.41) is 10.3. The number of nitrogens with zero attached hydrogens (tertiary/aromatic N) is 1. The summed E-state index contributed by atoms with van der Waals surface area (Å²) >= 11 is 0. The lowest BCUT2D eigenvalue weighted by atomic mass is 10.1. The lowest BCUT2D eigenvalue weighted by Gasteiger charge is -1.99. The van der Waals surface area contributed by atoms with Gasteiger partial charge in [-0.1, -0.05) is 30.3 Å². The number of hydroxylamine groups is 1. The third-order valence-electron chi connectivity index (χ3n) is 3.40. The lowest BCUT2D eigenvalue weighted by Crippen LogP contribution is -2.15. The lowest BCUT2D eigenvalue weighted by molar-refractivity contribution is -0.732. The van der Waals surface area contributed by atoms with E-state index in [0.717, 1.165) is 17.9 Å². The molecule has 1 aliphatic carbocycles. The molecule has 0 atom stereocenters. The van der Waals surface area contributed by atoms with Crippen LogP contribution in [0.3, 0.4) is 0 Å². The molecule has 0 unspecified atom stereocenters. The van der Waals surface area contributed by atoms with Crippen molar-refractivity contribution in [1.82, 2.24) is 0 Å². The van der Waals surface area contributed by atoms with Gasteiger partial charge in [-0.25, -0.2) is 4.79 Å². The molecule has 21 heavy (non-hydrogen) atoms. The normalized spacial score (nSPS) is 21.6. The number of ether oxygens (including phenoxy) is 1. The van der Waals surface area contributed by atoms with Crippen LogP contribution in [-0.4, -0.2) is 28.1 Å². The van der Waals surface area contributed by atoms with Crippen molar-refractivity contribution in [3.05, 3.63) is 53.6 Å². The zero-order valence-electron chi connectivity index (χ0n) is 11.7. The molecule has 1 aliphatic heterocycles. The Bertz CT molecular complexity index is 671. The van der Waals surface area contributed by atoms with E-state index in [-0.39, 0.29) is 11.5 Å². The minimum Gasteiger partial charge on any atom is -0.498 e. The van der Waals surface area contributed by atoms with Crippen molar-refractivity contribution in [1.29, 1.82) is 0 Å². The SMILES string of the molecule is CCOC1=C/C(=[N+]2/OC(=O)C(c3ccccc3)=C2O)CC1. The molecule has 5 nitrogen and oxygen atoms in total. The number of rotatable bonds is 3. The number of aliphatic hydroxyl groups is 1. The first kappa shape index (κ1) is 13.4. The number of hydrogen-bond donors (Lipinski definition) is 1. The molecule has 3 rings (SSSR count). The molecule has 108 valence electrons. The molecule has 0 aromatic heterocycles. The predicted molar refractivity (Wildman–Crippen MR) is 76.3 cm³/mol. The van der Waals surface area contributed by atoms with Gasteiger partial charge in [0.05, 0.1) is 11.3 Å². The summed E-state index contributed by atoms with van der Waals surface area (Å²) in [6.07, 6.45) is 3.21. The van der Waals surface area contributed by atoms with Crippen LogP contribution in [0.2, 0.25) is 0 Å². The second kappa shape index (κ2) is 5.44. The van der Waals surface area contributed by atoms with Crippen molar-refractivity contribution in [3.63, 3.8) is 0 Å². The number of benzene rings is 1. The maximum Gasteiger partial charge on any atom is 0.431 e. The summed E-state index contributed by atoms with van der Waals surface area (Å²) in [5.41, 5.74) is 1.53. The van der Waals surface area contributed by atoms with Crippen LogP contribution < -0.4 is 0 Å². The molecule has 1 aromatic carbocycles. The van der Waals surface area contributed by atoms with Gasteiger partial charge in [-0.15, -0.1) is 0 Å². The molecule has 0 fully saturated rings. The Labute approximate surface area is 122 Å². The predicted octanol–water partition coefficient (Wildman–Crippen LogP) is 2.55. The number of aliphatic hydroxyl groups excluding tert-OH is 1. The van der Waals surface area contributed by atoms with Gasteiger partial charge in [0.25, 0.3) is 0 Å². The maximum atomic E-state index is 12.0. The Morgan fingerprint density at radius 3 is 2.76 bits per heavy atom. The highest BCUT2D eigenvalue weighted by Crippen LogP contribution is 2.28. The van der Waals surface area contributed by atoms with Gasteiger partial charge in [-0.3, -0.25) is 0 Å². The Kier molecular flexibility index (Phi) is 3.48. The van der Waals surface area contributed by atoms with Crippen LogP contribution in [0.15, 0.2) is 48.1 Å². The van der Waals surface area contributed by atoms with Gasteiger partial charge in [-0.2, -0.15) is 4.84 Å². The largest absolute Gasteiger partial charge is 0.498 e. The van der Waals surface area contributed by atoms with Gasteiger partial charge in [-0.05, 0) is 12.5 Å². The van der Waals surface area contributed by atoms with Gasteiger partial charge in [0.1, 0.15) is 5.76 Å². The maximum absolute atomic E-state index is 12.0. The Morgan fingerprint density at radius 2 is 2.05 bits per heavy atom.